The highest BCUT2D eigenvalue weighted by molar-refractivity contribution is 5.92. The van der Waals surface area contributed by atoms with Crippen LogP contribution in [0.25, 0.3) is 11.1 Å². The lowest BCUT2D eigenvalue weighted by molar-refractivity contribution is -0.297. The zero-order chi connectivity index (χ0) is 36.6. The fourth-order valence-electron chi connectivity index (χ4n) is 4.91. The van der Waals surface area contributed by atoms with Gasteiger partial charge in [-0.25, -0.2) is 14.0 Å². The summed E-state index contributed by atoms with van der Waals surface area (Å²) in [4.78, 5) is 25.0. The lowest BCUT2D eigenvalue weighted by Gasteiger charge is -2.20. The van der Waals surface area contributed by atoms with Crippen LogP contribution in [0, 0.1) is 5.82 Å². The Hall–Kier alpha value is -4.06. The van der Waals surface area contributed by atoms with E-state index in [2.05, 4.69) is 11.7 Å². The van der Waals surface area contributed by atoms with Gasteiger partial charge in [-0.15, -0.1) is 0 Å². The van der Waals surface area contributed by atoms with Crippen LogP contribution >= 0.6 is 0 Å². The predicted molar refractivity (Wildman–Crippen MR) is 177 cm³/mol. The van der Waals surface area contributed by atoms with Crippen LogP contribution in [-0.4, -0.2) is 50.0 Å². The van der Waals surface area contributed by atoms with E-state index in [0.717, 1.165) is 47.9 Å². The van der Waals surface area contributed by atoms with E-state index in [0.29, 0.717) is 6.61 Å². The molecule has 0 aliphatic rings. The molecule has 0 amide bonds. The Labute approximate surface area is 289 Å². The van der Waals surface area contributed by atoms with Crippen LogP contribution in [0.2, 0.25) is 0 Å². The first kappa shape index (κ1) is 40.4. The third-order valence-corrected chi connectivity index (χ3v) is 7.80. The summed E-state index contributed by atoms with van der Waals surface area (Å²) in [5, 5.41) is 0. The molecule has 0 bridgehead atoms. The number of carbonyl (C=O) groups excluding carboxylic acids is 2. The van der Waals surface area contributed by atoms with Crippen molar-refractivity contribution < 1.29 is 54.9 Å². The van der Waals surface area contributed by atoms with Crippen LogP contribution in [-0.2, 0) is 9.47 Å². The number of unbranched alkanes of at least 4 members (excludes halogenated alkanes) is 9. The van der Waals surface area contributed by atoms with Crippen molar-refractivity contribution in [1.82, 2.24) is 0 Å². The van der Waals surface area contributed by atoms with Crippen molar-refractivity contribution in [2.45, 2.75) is 96.3 Å². The number of benzene rings is 3. The molecule has 1 unspecified atom stereocenters. The molecule has 3 rings (SSSR count). The molecule has 0 aliphatic carbocycles. The number of rotatable bonds is 21. The van der Waals surface area contributed by atoms with Crippen molar-refractivity contribution in [1.29, 1.82) is 0 Å². The molecule has 1 atom stereocenters. The van der Waals surface area contributed by atoms with Crippen LogP contribution in [0.3, 0.4) is 0 Å². The molecule has 3 aromatic carbocycles. The maximum Gasteiger partial charge on any atom is 0.455 e. The summed E-state index contributed by atoms with van der Waals surface area (Å²) in [7, 11) is 0. The number of hydrogen-bond donors (Lipinski definition) is 0. The topological polar surface area (TPSA) is 71.1 Å². The lowest BCUT2D eigenvalue weighted by atomic mass is 10.0. The smallest absolute Gasteiger partial charge is 0.455 e. The summed E-state index contributed by atoms with van der Waals surface area (Å²) in [6.45, 7) is 1.39. The predicted octanol–water partition coefficient (Wildman–Crippen LogP) is 10.8. The largest absolute Gasteiger partial charge is 0.494 e. The van der Waals surface area contributed by atoms with E-state index in [4.69, 9.17) is 14.2 Å². The van der Waals surface area contributed by atoms with Crippen molar-refractivity contribution in [3.05, 3.63) is 83.7 Å². The summed E-state index contributed by atoms with van der Waals surface area (Å²) < 4.78 is 97.5. The van der Waals surface area contributed by atoms with E-state index in [-0.39, 0.29) is 11.1 Å². The third-order valence-electron chi connectivity index (χ3n) is 7.80. The van der Waals surface area contributed by atoms with Crippen molar-refractivity contribution >= 4 is 11.9 Å². The molecule has 0 N–H and O–H groups in total. The van der Waals surface area contributed by atoms with Crippen LogP contribution < -0.4 is 9.47 Å². The highest BCUT2D eigenvalue weighted by Gasteiger charge is 2.57. The van der Waals surface area contributed by atoms with Gasteiger partial charge in [0.1, 0.15) is 18.5 Å². The first-order valence-corrected chi connectivity index (χ1v) is 16.9. The number of esters is 2. The standard InChI is InChI=1S/C38H44F6O6/c1-3-4-5-6-7-8-9-10-11-12-23-48-32-20-17-29(18-21-32)28-13-15-30(16-14-28)35(45)50-34-22-19-31(24-33(34)39)36(46)49-27(2)25-47-26-37(40,41)38(42,43)44/h13-22,24,27H,3-12,23,25-26H2,1-2H3. The minimum absolute atomic E-state index is 0.151. The molecule has 0 saturated heterocycles. The quantitative estimate of drug-likeness (QED) is 0.0474. The normalized spacial score (nSPS) is 12.4. The van der Waals surface area contributed by atoms with Crippen molar-refractivity contribution in [2.24, 2.45) is 0 Å². The average molecular weight is 711 g/mol. The summed E-state index contributed by atoms with van der Waals surface area (Å²) in [6, 6.07) is 17.0. The van der Waals surface area contributed by atoms with E-state index in [1.54, 1.807) is 12.1 Å². The second-order valence-electron chi connectivity index (χ2n) is 12.1. The average Bonchev–Trinajstić information content (AvgIpc) is 3.07. The van der Waals surface area contributed by atoms with Gasteiger partial charge in [-0.3, -0.25) is 0 Å². The molecular formula is C38H44F6O6. The number of hydrogen-bond acceptors (Lipinski definition) is 6. The number of ether oxygens (including phenoxy) is 4. The molecule has 3 aromatic rings. The van der Waals surface area contributed by atoms with Gasteiger partial charge >= 0.3 is 24.0 Å². The van der Waals surface area contributed by atoms with Crippen LogP contribution in [0.1, 0.15) is 98.8 Å². The number of alkyl halides is 5. The van der Waals surface area contributed by atoms with Crippen molar-refractivity contribution in [3.63, 3.8) is 0 Å². The molecule has 12 heteroatoms. The Balaban J connectivity index is 1.41. The highest BCUT2D eigenvalue weighted by Crippen LogP contribution is 2.35. The molecule has 0 fully saturated rings. The Morgan fingerprint density at radius 2 is 1.24 bits per heavy atom. The molecule has 0 heterocycles. The zero-order valence-corrected chi connectivity index (χ0v) is 28.3. The summed E-state index contributed by atoms with van der Waals surface area (Å²) in [6.07, 6.45) is 5.59. The molecule has 274 valence electrons. The van der Waals surface area contributed by atoms with Gasteiger partial charge < -0.3 is 18.9 Å². The van der Waals surface area contributed by atoms with Crippen molar-refractivity contribution in [3.8, 4) is 22.6 Å². The van der Waals surface area contributed by atoms with Gasteiger partial charge in [0.15, 0.2) is 11.6 Å². The van der Waals surface area contributed by atoms with E-state index < -0.39 is 54.9 Å². The Kier molecular flexibility index (Phi) is 16.1. The Bertz CT molecular complexity index is 1470. The third kappa shape index (κ3) is 13.3. The van der Waals surface area contributed by atoms with Gasteiger partial charge in [0.2, 0.25) is 0 Å². The lowest BCUT2D eigenvalue weighted by Crippen LogP contribution is -2.41. The van der Waals surface area contributed by atoms with Gasteiger partial charge in [-0.05, 0) is 66.9 Å². The van der Waals surface area contributed by atoms with Crippen LogP contribution in [0.15, 0.2) is 66.7 Å². The van der Waals surface area contributed by atoms with Gasteiger partial charge in [0.05, 0.1) is 24.3 Å². The summed E-state index contributed by atoms with van der Waals surface area (Å²) >= 11 is 0. The molecule has 6 nitrogen and oxygen atoms in total. The van der Waals surface area contributed by atoms with Gasteiger partial charge in [-0.2, -0.15) is 22.0 Å². The maximum atomic E-state index is 14.7. The molecule has 0 aromatic heterocycles. The van der Waals surface area contributed by atoms with Crippen molar-refractivity contribution in [2.75, 3.05) is 19.8 Å². The first-order chi connectivity index (χ1) is 23.8. The number of halogens is 6. The first-order valence-electron chi connectivity index (χ1n) is 16.9. The minimum Gasteiger partial charge on any atom is -0.494 e. The summed E-state index contributed by atoms with van der Waals surface area (Å²) in [5.41, 5.74) is 1.59. The molecule has 0 spiro atoms. The zero-order valence-electron chi connectivity index (χ0n) is 28.3. The Morgan fingerprint density at radius 1 is 0.700 bits per heavy atom. The SMILES string of the molecule is CCCCCCCCCCCCOc1ccc(-c2ccc(C(=O)Oc3ccc(C(=O)OC(C)COCC(F)(F)C(F)(F)F)cc3F)cc2)cc1. The fourth-order valence-corrected chi connectivity index (χ4v) is 4.91. The van der Waals surface area contributed by atoms with Crippen LogP contribution in [0.4, 0.5) is 26.3 Å². The molecule has 0 radical (unpaired) electrons. The van der Waals surface area contributed by atoms with Gasteiger partial charge in [0.25, 0.3) is 0 Å². The fraction of sp³-hybridized carbons (Fsp3) is 0.474. The summed E-state index contributed by atoms with van der Waals surface area (Å²) in [5.74, 6) is -7.75. The molecule has 0 aliphatic heterocycles. The van der Waals surface area contributed by atoms with E-state index in [1.807, 2.05) is 24.3 Å². The second-order valence-corrected chi connectivity index (χ2v) is 12.1. The number of carbonyl (C=O) groups is 2. The second kappa shape index (κ2) is 20.0. The monoisotopic (exact) mass is 710 g/mol. The van der Waals surface area contributed by atoms with Crippen LogP contribution in [0.5, 0.6) is 11.5 Å². The Morgan fingerprint density at radius 3 is 1.80 bits per heavy atom. The van der Waals surface area contributed by atoms with Gasteiger partial charge in [0, 0.05) is 0 Å². The molecular weight excluding hydrogens is 666 g/mol. The maximum absolute atomic E-state index is 14.7. The van der Waals surface area contributed by atoms with E-state index in [9.17, 15) is 35.9 Å². The van der Waals surface area contributed by atoms with E-state index in [1.165, 1.54) is 70.4 Å². The minimum atomic E-state index is -5.78. The molecule has 0 saturated carbocycles. The highest BCUT2D eigenvalue weighted by atomic mass is 19.4. The van der Waals surface area contributed by atoms with E-state index >= 15 is 0 Å². The molecule has 50 heavy (non-hydrogen) atoms. The van der Waals surface area contributed by atoms with Gasteiger partial charge in [-0.1, -0.05) is 89.0 Å².